The molecule has 21 heavy (non-hydrogen) atoms. The van der Waals surface area contributed by atoms with Crippen LogP contribution in [0.5, 0.6) is 0 Å². The molecule has 2 rings (SSSR count). The van der Waals surface area contributed by atoms with Crippen LogP contribution in [0.3, 0.4) is 0 Å². The number of rotatable bonds is 7. The standard InChI is InChI=1S/C18H21NO2/c1-2-13-19(14-17(20)21)18(15-9-5-3-6-10-15)16-11-7-4-8-12-16/h3-12,18H,2,13-14H2,1H3,(H,20,21). The Kier molecular flexibility index (Phi) is 5.52. The lowest BCUT2D eigenvalue weighted by Crippen LogP contribution is -2.35. The molecule has 0 aliphatic carbocycles. The predicted molar refractivity (Wildman–Crippen MR) is 84.2 cm³/mol. The number of carboxylic acid groups (broad SMARTS) is 1. The van der Waals surface area contributed by atoms with Gasteiger partial charge in [0.05, 0.1) is 12.6 Å². The van der Waals surface area contributed by atoms with Gasteiger partial charge in [0, 0.05) is 0 Å². The van der Waals surface area contributed by atoms with Crippen molar-refractivity contribution in [1.29, 1.82) is 0 Å². The van der Waals surface area contributed by atoms with E-state index in [1.807, 2.05) is 41.3 Å². The fourth-order valence-electron chi connectivity index (χ4n) is 2.65. The second kappa shape index (κ2) is 7.60. The second-order valence-electron chi connectivity index (χ2n) is 5.09. The summed E-state index contributed by atoms with van der Waals surface area (Å²) in [7, 11) is 0. The topological polar surface area (TPSA) is 40.5 Å². The van der Waals surface area contributed by atoms with Gasteiger partial charge in [0.1, 0.15) is 0 Å². The Bertz CT molecular complexity index is 514. The molecule has 0 heterocycles. The largest absolute Gasteiger partial charge is 0.480 e. The molecule has 0 saturated heterocycles. The summed E-state index contributed by atoms with van der Waals surface area (Å²) >= 11 is 0. The maximum Gasteiger partial charge on any atom is 0.317 e. The molecule has 0 saturated carbocycles. The fraction of sp³-hybridized carbons (Fsp3) is 0.278. The molecule has 0 aromatic heterocycles. The number of hydrogen-bond donors (Lipinski definition) is 1. The minimum absolute atomic E-state index is 0.0246. The normalized spacial score (nSPS) is 11.0. The van der Waals surface area contributed by atoms with Gasteiger partial charge in [0.2, 0.25) is 0 Å². The van der Waals surface area contributed by atoms with Crippen molar-refractivity contribution in [3.63, 3.8) is 0 Å². The summed E-state index contributed by atoms with van der Waals surface area (Å²) in [6.45, 7) is 2.87. The van der Waals surface area contributed by atoms with Crippen LogP contribution in [-0.2, 0) is 4.79 Å². The van der Waals surface area contributed by atoms with Crippen LogP contribution in [0.25, 0.3) is 0 Å². The first-order valence-electron chi connectivity index (χ1n) is 7.28. The number of aliphatic carboxylic acids is 1. The van der Waals surface area contributed by atoms with Gasteiger partial charge in [0.15, 0.2) is 0 Å². The Balaban J connectivity index is 2.41. The van der Waals surface area contributed by atoms with E-state index in [0.717, 1.165) is 24.1 Å². The van der Waals surface area contributed by atoms with E-state index in [9.17, 15) is 9.90 Å². The molecule has 110 valence electrons. The predicted octanol–water partition coefficient (Wildman–Crippen LogP) is 3.57. The van der Waals surface area contributed by atoms with E-state index in [1.165, 1.54) is 0 Å². The molecule has 0 radical (unpaired) electrons. The van der Waals surface area contributed by atoms with Crippen molar-refractivity contribution >= 4 is 5.97 Å². The molecular formula is C18H21NO2. The zero-order valence-corrected chi connectivity index (χ0v) is 12.3. The average Bonchev–Trinajstić information content (AvgIpc) is 2.49. The van der Waals surface area contributed by atoms with Crippen LogP contribution in [0.15, 0.2) is 60.7 Å². The van der Waals surface area contributed by atoms with E-state index in [0.29, 0.717) is 0 Å². The average molecular weight is 283 g/mol. The first-order valence-corrected chi connectivity index (χ1v) is 7.28. The zero-order valence-electron chi connectivity index (χ0n) is 12.3. The molecule has 3 nitrogen and oxygen atoms in total. The summed E-state index contributed by atoms with van der Waals surface area (Å²) in [5.74, 6) is -0.791. The maximum atomic E-state index is 11.2. The lowest BCUT2D eigenvalue weighted by atomic mass is 9.97. The highest BCUT2D eigenvalue weighted by Gasteiger charge is 2.23. The quantitative estimate of drug-likeness (QED) is 0.844. The third-order valence-corrected chi connectivity index (χ3v) is 3.44. The fourth-order valence-corrected chi connectivity index (χ4v) is 2.65. The van der Waals surface area contributed by atoms with Crippen LogP contribution in [0, 0.1) is 0 Å². The van der Waals surface area contributed by atoms with Gasteiger partial charge in [-0.1, -0.05) is 67.6 Å². The van der Waals surface area contributed by atoms with Crippen molar-refractivity contribution in [2.24, 2.45) is 0 Å². The van der Waals surface area contributed by atoms with Crippen LogP contribution >= 0.6 is 0 Å². The van der Waals surface area contributed by atoms with Crippen LogP contribution in [0.1, 0.15) is 30.5 Å². The van der Waals surface area contributed by atoms with Gasteiger partial charge in [-0.3, -0.25) is 9.69 Å². The molecule has 0 amide bonds. The molecule has 0 unspecified atom stereocenters. The van der Waals surface area contributed by atoms with E-state index < -0.39 is 5.97 Å². The molecule has 2 aromatic rings. The third kappa shape index (κ3) is 4.17. The molecular weight excluding hydrogens is 262 g/mol. The minimum Gasteiger partial charge on any atom is -0.480 e. The first-order chi connectivity index (χ1) is 10.2. The summed E-state index contributed by atoms with van der Waals surface area (Å²) in [6, 6.07) is 20.1. The Hall–Kier alpha value is -2.13. The van der Waals surface area contributed by atoms with Gasteiger partial charge in [-0.15, -0.1) is 0 Å². The summed E-state index contributed by atoms with van der Waals surface area (Å²) in [4.78, 5) is 13.2. The smallest absolute Gasteiger partial charge is 0.317 e. The lowest BCUT2D eigenvalue weighted by molar-refractivity contribution is -0.138. The van der Waals surface area contributed by atoms with Gasteiger partial charge in [-0.05, 0) is 24.1 Å². The Morgan fingerprint density at radius 3 is 1.86 bits per heavy atom. The number of carboxylic acids is 1. The van der Waals surface area contributed by atoms with Crippen molar-refractivity contribution in [2.75, 3.05) is 13.1 Å². The SMILES string of the molecule is CCCN(CC(=O)O)C(c1ccccc1)c1ccccc1. The Morgan fingerprint density at radius 2 is 1.48 bits per heavy atom. The lowest BCUT2D eigenvalue weighted by Gasteiger charge is -2.31. The molecule has 0 aliphatic heterocycles. The zero-order chi connectivity index (χ0) is 15.1. The Labute approximate surface area is 125 Å². The number of carbonyl (C=O) groups is 1. The summed E-state index contributed by atoms with van der Waals surface area (Å²) in [6.07, 6.45) is 0.920. The molecule has 0 atom stereocenters. The highest BCUT2D eigenvalue weighted by atomic mass is 16.4. The number of benzene rings is 2. The molecule has 3 heteroatoms. The monoisotopic (exact) mass is 283 g/mol. The van der Waals surface area contributed by atoms with Crippen molar-refractivity contribution in [3.05, 3.63) is 71.8 Å². The van der Waals surface area contributed by atoms with Crippen LogP contribution in [-0.4, -0.2) is 29.1 Å². The highest BCUT2D eigenvalue weighted by molar-refractivity contribution is 5.69. The molecule has 0 spiro atoms. The van der Waals surface area contributed by atoms with Gasteiger partial charge in [-0.2, -0.15) is 0 Å². The van der Waals surface area contributed by atoms with Crippen molar-refractivity contribution in [3.8, 4) is 0 Å². The summed E-state index contributed by atoms with van der Waals surface area (Å²) in [5.41, 5.74) is 2.25. The van der Waals surface area contributed by atoms with E-state index in [1.54, 1.807) is 0 Å². The molecule has 2 aromatic carbocycles. The molecule has 1 N–H and O–H groups in total. The minimum atomic E-state index is -0.791. The van der Waals surface area contributed by atoms with Crippen LogP contribution < -0.4 is 0 Å². The third-order valence-electron chi connectivity index (χ3n) is 3.44. The highest BCUT2D eigenvalue weighted by Crippen LogP contribution is 2.28. The summed E-state index contributed by atoms with van der Waals surface area (Å²) in [5, 5.41) is 9.21. The van der Waals surface area contributed by atoms with Crippen molar-refractivity contribution < 1.29 is 9.90 Å². The Morgan fingerprint density at radius 1 is 1.00 bits per heavy atom. The van der Waals surface area contributed by atoms with E-state index in [-0.39, 0.29) is 12.6 Å². The molecule has 0 fully saturated rings. The number of hydrogen-bond acceptors (Lipinski definition) is 2. The van der Waals surface area contributed by atoms with E-state index in [2.05, 4.69) is 31.2 Å². The van der Waals surface area contributed by atoms with Crippen LogP contribution in [0.2, 0.25) is 0 Å². The second-order valence-corrected chi connectivity index (χ2v) is 5.09. The van der Waals surface area contributed by atoms with E-state index in [4.69, 9.17) is 0 Å². The van der Waals surface area contributed by atoms with Crippen molar-refractivity contribution in [1.82, 2.24) is 4.90 Å². The summed E-state index contributed by atoms with van der Waals surface area (Å²) < 4.78 is 0. The first kappa shape index (κ1) is 15.3. The van der Waals surface area contributed by atoms with Gasteiger partial charge >= 0.3 is 5.97 Å². The molecule has 0 bridgehead atoms. The van der Waals surface area contributed by atoms with E-state index >= 15 is 0 Å². The van der Waals surface area contributed by atoms with Crippen molar-refractivity contribution in [2.45, 2.75) is 19.4 Å². The van der Waals surface area contributed by atoms with Gasteiger partial charge in [0.25, 0.3) is 0 Å². The maximum absolute atomic E-state index is 11.2. The van der Waals surface area contributed by atoms with Crippen LogP contribution in [0.4, 0.5) is 0 Å². The van der Waals surface area contributed by atoms with Gasteiger partial charge < -0.3 is 5.11 Å². The molecule has 0 aliphatic rings. The van der Waals surface area contributed by atoms with Gasteiger partial charge in [-0.25, -0.2) is 0 Å². The number of nitrogens with zero attached hydrogens (tertiary/aromatic N) is 1.